The lowest BCUT2D eigenvalue weighted by atomic mass is 10.1. The van der Waals surface area contributed by atoms with Gasteiger partial charge in [-0.05, 0) is 49.4 Å². The van der Waals surface area contributed by atoms with Gasteiger partial charge in [0.05, 0.1) is 17.4 Å². The number of hydrogen-bond donors (Lipinski definition) is 5. The topological polar surface area (TPSA) is 181 Å². The van der Waals surface area contributed by atoms with Gasteiger partial charge in [-0.15, -0.1) is 0 Å². The first kappa shape index (κ1) is 27.2. The van der Waals surface area contributed by atoms with Crippen molar-refractivity contribution in [3.05, 3.63) is 52.6 Å². The minimum atomic E-state index is -0.953. The zero-order valence-corrected chi connectivity index (χ0v) is 22.4. The molecule has 3 heterocycles. The van der Waals surface area contributed by atoms with E-state index in [-0.39, 0.29) is 23.9 Å². The summed E-state index contributed by atoms with van der Waals surface area (Å²) in [5, 5.41) is 4.84. The Labute approximate surface area is 227 Å². The molecule has 1 aromatic carbocycles. The van der Waals surface area contributed by atoms with Crippen LogP contribution in [0.1, 0.15) is 19.4 Å². The van der Waals surface area contributed by atoms with Gasteiger partial charge in [0.1, 0.15) is 5.82 Å². The summed E-state index contributed by atoms with van der Waals surface area (Å²) in [6.45, 7) is 6.73. The summed E-state index contributed by atoms with van der Waals surface area (Å²) in [6, 6.07) is 9.11. The molecule has 39 heavy (non-hydrogen) atoms. The second-order valence-corrected chi connectivity index (χ2v) is 11.3. The largest absolute Gasteiger partial charge is 0.354 e. The predicted octanol–water partition coefficient (Wildman–Crippen LogP) is -1.13. The van der Waals surface area contributed by atoms with Crippen LogP contribution >= 0.6 is 0 Å². The molecule has 4 atom stereocenters. The van der Waals surface area contributed by atoms with Crippen molar-refractivity contribution in [3.63, 3.8) is 0 Å². The van der Waals surface area contributed by atoms with Crippen LogP contribution in [0.15, 0.2) is 41.3 Å². The van der Waals surface area contributed by atoms with Crippen LogP contribution in [0.25, 0.3) is 5.69 Å². The van der Waals surface area contributed by atoms with Crippen molar-refractivity contribution >= 4 is 17.8 Å². The molecule has 0 spiro atoms. The van der Waals surface area contributed by atoms with E-state index in [0.29, 0.717) is 56.2 Å². The van der Waals surface area contributed by atoms with Crippen LogP contribution in [0, 0.1) is 11.8 Å². The molecule has 0 radical (unpaired) electrons. The van der Waals surface area contributed by atoms with E-state index < -0.39 is 11.2 Å². The fraction of sp³-hybridized carbons (Fsp3) is 0.538. The summed E-state index contributed by atoms with van der Waals surface area (Å²) in [5.74, 6) is 1.20. The van der Waals surface area contributed by atoms with Crippen LogP contribution in [0.2, 0.25) is 0 Å². The lowest BCUT2D eigenvalue weighted by Crippen LogP contribution is -2.58. The number of nitrogens with two attached hydrogens (primary N) is 3. The van der Waals surface area contributed by atoms with Crippen LogP contribution in [-0.2, 0) is 11.2 Å². The SMILES string of the molecule is CC(C)(N)C(=O)N1CCN(C(=O)Nc2ccn(-c3ccc(C[C@H](N)NN4C[C@@H]5C(N)[C@@H]5C4)cc3)c(=O)n2)CC1. The second kappa shape index (κ2) is 10.7. The lowest BCUT2D eigenvalue weighted by molar-refractivity contribution is -0.137. The number of benzene rings is 1. The van der Waals surface area contributed by atoms with Crippen LogP contribution < -0.4 is 33.6 Å². The first-order chi connectivity index (χ1) is 18.5. The molecule has 3 amide bonds. The molecule has 210 valence electrons. The van der Waals surface area contributed by atoms with E-state index in [4.69, 9.17) is 17.2 Å². The maximum absolute atomic E-state index is 12.7. The Balaban J connectivity index is 1.12. The molecular formula is C26H38N10O3. The van der Waals surface area contributed by atoms with E-state index in [1.165, 1.54) is 4.57 Å². The molecule has 3 fully saturated rings. The highest BCUT2D eigenvalue weighted by Crippen LogP contribution is 2.42. The van der Waals surface area contributed by atoms with Crippen LogP contribution in [0.3, 0.4) is 0 Å². The molecule has 1 aliphatic carbocycles. The number of hydrazine groups is 1. The number of aromatic nitrogens is 2. The Kier molecular flexibility index (Phi) is 7.44. The molecule has 1 saturated carbocycles. The number of carbonyl (C=O) groups is 2. The number of piperidine rings is 1. The quantitative estimate of drug-likeness (QED) is 0.272. The molecule has 13 heteroatoms. The Hall–Kier alpha value is -3.36. The maximum Gasteiger partial charge on any atom is 0.354 e. The zero-order chi connectivity index (χ0) is 27.9. The summed E-state index contributed by atoms with van der Waals surface area (Å²) in [6.07, 6.45) is 2.01. The minimum Gasteiger partial charge on any atom is -0.338 e. The number of amides is 3. The van der Waals surface area contributed by atoms with E-state index >= 15 is 0 Å². The molecule has 1 unspecified atom stereocenters. The van der Waals surface area contributed by atoms with Gasteiger partial charge >= 0.3 is 11.7 Å². The molecule has 0 bridgehead atoms. The summed E-state index contributed by atoms with van der Waals surface area (Å²) < 4.78 is 1.41. The Morgan fingerprint density at radius 1 is 1.05 bits per heavy atom. The number of rotatable bonds is 7. The minimum absolute atomic E-state index is 0.149. The molecule has 13 nitrogen and oxygen atoms in total. The van der Waals surface area contributed by atoms with Gasteiger partial charge in [-0.3, -0.25) is 14.7 Å². The predicted molar refractivity (Wildman–Crippen MR) is 147 cm³/mol. The van der Waals surface area contributed by atoms with Crippen LogP contribution in [0.5, 0.6) is 0 Å². The van der Waals surface area contributed by atoms with Gasteiger partial charge in [-0.25, -0.2) is 20.0 Å². The number of nitrogens with zero attached hydrogens (tertiary/aromatic N) is 5. The molecule has 1 aromatic heterocycles. The lowest BCUT2D eigenvalue weighted by Gasteiger charge is -2.37. The molecule has 8 N–H and O–H groups in total. The van der Waals surface area contributed by atoms with Gasteiger partial charge in [0.2, 0.25) is 5.91 Å². The van der Waals surface area contributed by atoms with Gasteiger partial charge in [-0.2, -0.15) is 4.98 Å². The third-order valence-electron chi connectivity index (χ3n) is 7.72. The monoisotopic (exact) mass is 538 g/mol. The number of piperazine rings is 1. The summed E-state index contributed by atoms with van der Waals surface area (Å²) in [5.41, 5.74) is 21.8. The van der Waals surface area contributed by atoms with Gasteiger partial charge < -0.3 is 27.0 Å². The third-order valence-corrected chi connectivity index (χ3v) is 7.72. The first-order valence-electron chi connectivity index (χ1n) is 13.3. The van der Waals surface area contributed by atoms with Crippen molar-refractivity contribution < 1.29 is 9.59 Å². The average molecular weight is 539 g/mol. The highest BCUT2D eigenvalue weighted by Gasteiger charge is 2.53. The zero-order valence-electron chi connectivity index (χ0n) is 22.4. The summed E-state index contributed by atoms with van der Waals surface area (Å²) >= 11 is 0. The smallest absolute Gasteiger partial charge is 0.338 e. The normalized spacial score (nSPS) is 23.9. The first-order valence-corrected chi connectivity index (χ1v) is 13.3. The number of anilines is 1. The molecule has 5 rings (SSSR count). The van der Waals surface area contributed by atoms with E-state index in [1.807, 2.05) is 24.3 Å². The van der Waals surface area contributed by atoms with Crippen molar-refractivity contribution in [1.29, 1.82) is 0 Å². The van der Waals surface area contributed by atoms with E-state index in [9.17, 15) is 14.4 Å². The summed E-state index contributed by atoms with van der Waals surface area (Å²) in [4.78, 5) is 45.0. The highest BCUT2D eigenvalue weighted by atomic mass is 16.2. The number of urea groups is 1. The number of fused-ring (bicyclic) bond motifs is 1. The van der Waals surface area contributed by atoms with Gasteiger partial charge in [0, 0.05) is 57.9 Å². The molecule has 3 aliphatic rings. The Morgan fingerprint density at radius 3 is 2.26 bits per heavy atom. The summed E-state index contributed by atoms with van der Waals surface area (Å²) in [7, 11) is 0. The third kappa shape index (κ3) is 6.12. The molecular weight excluding hydrogens is 500 g/mol. The van der Waals surface area contributed by atoms with E-state index in [2.05, 4.69) is 20.7 Å². The number of nitrogens with one attached hydrogen (secondary N) is 2. The second-order valence-electron chi connectivity index (χ2n) is 11.3. The van der Waals surface area contributed by atoms with Crippen LogP contribution in [0.4, 0.5) is 10.6 Å². The van der Waals surface area contributed by atoms with E-state index in [0.717, 1.165) is 18.7 Å². The molecule has 2 aliphatic heterocycles. The van der Waals surface area contributed by atoms with Crippen molar-refractivity contribution in [3.8, 4) is 5.69 Å². The van der Waals surface area contributed by atoms with Crippen molar-refractivity contribution in [2.75, 3.05) is 44.6 Å². The highest BCUT2D eigenvalue weighted by molar-refractivity contribution is 5.89. The van der Waals surface area contributed by atoms with Gasteiger partial charge in [0.25, 0.3) is 0 Å². The fourth-order valence-electron chi connectivity index (χ4n) is 5.38. The van der Waals surface area contributed by atoms with Crippen molar-refractivity contribution in [1.82, 2.24) is 29.8 Å². The van der Waals surface area contributed by atoms with Crippen molar-refractivity contribution in [2.24, 2.45) is 29.0 Å². The van der Waals surface area contributed by atoms with Gasteiger partial charge in [0.15, 0.2) is 0 Å². The number of carbonyl (C=O) groups excluding carboxylic acids is 2. The maximum atomic E-state index is 12.7. The standard InChI is InChI=1S/C26H38N10O3/c1-26(2,29)23(37)33-9-11-34(12-10-33)24(38)30-21-7-8-36(25(39)31-21)17-5-3-16(4-6-17)13-20(27)32-35-14-18-19(15-35)22(18)28/h3-8,18-20,22,32H,9-15,27-29H2,1-2H3,(H,30,31,38,39)/t18-,19+,20-,22?/m1/s1. The van der Waals surface area contributed by atoms with E-state index in [1.54, 1.807) is 35.9 Å². The fourth-order valence-corrected chi connectivity index (χ4v) is 5.38. The van der Waals surface area contributed by atoms with Crippen LogP contribution in [-0.4, -0.2) is 93.3 Å². The molecule has 2 saturated heterocycles. The van der Waals surface area contributed by atoms with Gasteiger partial charge in [-0.1, -0.05) is 12.1 Å². The average Bonchev–Trinajstić information content (AvgIpc) is 3.28. The Morgan fingerprint density at radius 2 is 1.67 bits per heavy atom. The van der Waals surface area contributed by atoms with Crippen molar-refractivity contribution in [2.45, 2.75) is 38.0 Å². The Bertz CT molecular complexity index is 1250. The molecule has 2 aromatic rings. The number of hydrogen-bond acceptors (Lipinski definition) is 9.